The smallest absolute Gasteiger partial charge is 0.345 e. The molecule has 0 aliphatic heterocycles. The molecular formula is C11H15NO5S2. The van der Waals surface area contributed by atoms with E-state index in [1.165, 1.54) is 5.38 Å². The lowest BCUT2D eigenvalue weighted by Crippen LogP contribution is -2.27. The van der Waals surface area contributed by atoms with Crippen LogP contribution in [0, 0.1) is 0 Å². The van der Waals surface area contributed by atoms with E-state index in [0.29, 0.717) is 6.61 Å². The number of hydrogen-bond acceptors (Lipinski definition) is 5. The highest BCUT2D eigenvalue weighted by molar-refractivity contribution is 7.89. The minimum absolute atomic E-state index is 0.0149. The van der Waals surface area contributed by atoms with Crippen LogP contribution in [0.3, 0.4) is 0 Å². The lowest BCUT2D eigenvalue weighted by molar-refractivity contribution is 0.0702. The van der Waals surface area contributed by atoms with Gasteiger partial charge < -0.3 is 9.84 Å². The summed E-state index contributed by atoms with van der Waals surface area (Å²) in [5.41, 5.74) is 0.854. The van der Waals surface area contributed by atoms with Gasteiger partial charge in [-0.25, -0.2) is 17.9 Å². The molecule has 0 spiro atoms. The van der Waals surface area contributed by atoms with Crippen molar-refractivity contribution in [3.63, 3.8) is 0 Å². The van der Waals surface area contributed by atoms with Crippen molar-refractivity contribution >= 4 is 27.3 Å². The van der Waals surface area contributed by atoms with E-state index in [2.05, 4.69) is 11.3 Å². The van der Waals surface area contributed by atoms with Crippen molar-refractivity contribution in [2.75, 3.05) is 19.8 Å². The van der Waals surface area contributed by atoms with Gasteiger partial charge in [0.05, 0.1) is 18.1 Å². The van der Waals surface area contributed by atoms with Crippen molar-refractivity contribution in [2.24, 2.45) is 0 Å². The average Bonchev–Trinajstić information content (AvgIpc) is 2.77. The van der Waals surface area contributed by atoms with Crippen molar-refractivity contribution in [3.05, 3.63) is 28.5 Å². The van der Waals surface area contributed by atoms with Crippen LogP contribution in [0.5, 0.6) is 0 Å². The van der Waals surface area contributed by atoms with Crippen LogP contribution >= 0.6 is 11.3 Å². The number of ether oxygens (including phenoxy) is 1. The van der Waals surface area contributed by atoms with Crippen LogP contribution in [0.15, 0.2) is 28.5 Å². The first-order valence-corrected chi connectivity index (χ1v) is 7.73. The van der Waals surface area contributed by atoms with E-state index in [9.17, 15) is 13.2 Å². The van der Waals surface area contributed by atoms with E-state index in [1.807, 2.05) is 6.92 Å². The van der Waals surface area contributed by atoms with E-state index in [-0.39, 0.29) is 22.9 Å². The monoisotopic (exact) mass is 305 g/mol. The fourth-order valence-corrected chi connectivity index (χ4v) is 3.27. The SMILES string of the molecule is C=C(C)COCCNS(=O)(=O)c1csc(C(=O)O)c1. The highest BCUT2D eigenvalue weighted by atomic mass is 32.2. The summed E-state index contributed by atoms with van der Waals surface area (Å²) in [4.78, 5) is 10.6. The lowest BCUT2D eigenvalue weighted by atomic mass is 10.4. The molecule has 0 radical (unpaired) electrons. The maximum absolute atomic E-state index is 11.8. The molecule has 0 bridgehead atoms. The van der Waals surface area contributed by atoms with Crippen LogP contribution in [0.25, 0.3) is 0 Å². The van der Waals surface area contributed by atoms with Crippen LogP contribution < -0.4 is 4.72 Å². The van der Waals surface area contributed by atoms with Crippen LogP contribution in [-0.4, -0.2) is 39.3 Å². The predicted molar refractivity (Wildman–Crippen MR) is 72.1 cm³/mol. The minimum atomic E-state index is -3.68. The fraction of sp³-hybridized carbons (Fsp3) is 0.364. The Kier molecular flexibility index (Phi) is 5.67. The Labute approximate surface area is 115 Å². The molecule has 0 saturated carbocycles. The van der Waals surface area contributed by atoms with E-state index >= 15 is 0 Å². The van der Waals surface area contributed by atoms with Crippen molar-refractivity contribution < 1.29 is 23.1 Å². The van der Waals surface area contributed by atoms with Crippen molar-refractivity contribution in [2.45, 2.75) is 11.8 Å². The third-order valence-corrected chi connectivity index (χ3v) is 4.49. The Bertz CT molecular complexity index is 561. The van der Waals surface area contributed by atoms with Gasteiger partial charge in [0.1, 0.15) is 4.88 Å². The quantitative estimate of drug-likeness (QED) is 0.558. The normalized spacial score (nSPS) is 11.4. The number of thiophene rings is 1. The highest BCUT2D eigenvalue weighted by Gasteiger charge is 2.17. The minimum Gasteiger partial charge on any atom is -0.477 e. The van der Waals surface area contributed by atoms with Gasteiger partial charge >= 0.3 is 5.97 Å². The topological polar surface area (TPSA) is 92.7 Å². The van der Waals surface area contributed by atoms with Crippen molar-refractivity contribution in [1.29, 1.82) is 0 Å². The number of nitrogens with one attached hydrogen (secondary N) is 1. The van der Waals surface area contributed by atoms with Gasteiger partial charge in [0.25, 0.3) is 0 Å². The van der Waals surface area contributed by atoms with Crippen LogP contribution in [0.1, 0.15) is 16.6 Å². The molecule has 19 heavy (non-hydrogen) atoms. The zero-order valence-electron chi connectivity index (χ0n) is 10.4. The molecule has 0 aliphatic carbocycles. The summed E-state index contributed by atoms with van der Waals surface area (Å²) in [5, 5.41) is 10.0. The standard InChI is InChI=1S/C11H15NO5S2/c1-8(2)6-17-4-3-12-19(15,16)9-5-10(11(13)14)18-7-9/h5,7,12H,1,3-4,6H2,2H3,(H,13,14). The molecule has 0 saturated heterocycles. The summed E-state index contributed by atoms with van der Waals surface area (Å²) in [7, 11) is -3.68. The summed E-state index contributed by atoms with van der Waals surface area (Å²) in [6.45, 7) is 6.18. The number of carboxylic acid groups (broad SMARTS) is 1. The summed E-state index contributed by atoms with van der Waals surface area (Å²) in [5.74, 6) is -1.14. The van der Waals surface area contributed by atoms with Crippen LogP contribution in [0.4, 0.5) is 0 Å². The molecule has 8 heteroatoms. The Morgan fingerprint density at radius 2 is 2.26 bits per heavy atom. The summed E-state index contributed by atoms with van der Waals surface area (Å²) in [6, 6.07) is 1.13. The zero-order chi connectivity index (χ0) is 14.5. The van der Waals surface area contributed by atoms with Gasteiger partial charge in [-0.05, 0) is 13.0 Å². The van der Waals surface area contributed by atoms with Crippen LogP contribution in [0.2, 0.25) is 0 Å². The van der Waals surface area contributed by atoms with Gasteiger partial charge in [0.2, 0.25) is 10.0 Å². The number of hydrogen-bond donors (Lipinski definition) is 2. The third kappa shape index (κ3) is 5.11. The number of rotatable bonds is 8. The van der Waals surface area contributed by atoms with Crippen molar-refractivity contribution in [1.82, 2.24) is 4.72 Å². The maximum Gasteiger partial charge on any atom is 0.345 e. The van der Waals surface area contributed by atoms with Crippen LogP contribution in [-0.2, 0) is 14.8 Å². The van der Waals surface area contributed by atoms with Gasteiger partial charge in [0.15, 0.2) is 0 Å². The third-order valence-electron chi connectivity index (χ3n) is 1.98. The molecule has 0 amide bonds. The van der Waals surface area contributed by atoms with Gasteiger partial charge in [-0.1, -0.05) is 12.2 Å². The molecule has 0 aromatic carbocycles. The molecule has 6 nitrogen and oxygen atoms in total. The number of aromatic carboxylic acids is 1. The van der Waals surface area contributed by atoms with E-state index < -0.39 is 16.0 Å². The summed E-state index contributed by atoms with van der Waals surface area (Å²) in [6.07, 6.45) is 0. The molecule has 2 N–H and O–H groups in total. The zero-order valence-corrected chi connectivity index (χ0v) is 12.0. The first kappa shape index (κ1) is 15.8. The Balaban J connectivity index is 2.51. The molecule has 1 aromatic rings. The first-order valence-electron chi connectivity index (χ1n) is 5.36. The second-order valence-electron chi connectivity index (χ2n) is 3.86. The number of carbonyl (C=O) groups is 1. The van der Waals surface area contributed by atoms with Crippen molar-refractivity contribution in [3.8, 4) is 0 Å². The van der Waals surface area contributed by atoms with E-state index in [1.54, 1.807) is 0 Å². The second kappa shape index (κ2) is 6.80. The molecule has 0 unspecified atom stereocenters. The molecule has 0 atom stereocenters. The molecule has 0 aliphatic rings. The Morgan fingerprint density at radius 1 is 1.58 bits per heavy atom. The summed E-state index contributed by atoms with van der Waals surface area (Å²) >= 11 is 0.871. The molecule has 106 valence electrons. The van der Waals surface area contributed by atoms with E-state index in [4.69, 9.17) is 9.84 Å². The first-order chi connectivity index (χ1) is 8.83. The number of carboxylic acids is 1. The van der Waals surface area contributed by atoms with Gasteiger partial charge in [-0.3, -0.25) is 0 Å². The average molecular weight is 305 g/mol. The highest BCUT2D eigenvalue weighted by Crippen LogP contribution is 2.18. The largest absolute Gasteiger partial charge is 0.477 e. The second-order valence-corrected chi connectivity index (χ2v) is 6.54. The fourth-order valence-electron chi connectivity index (χ4n) is 1.15. The molecule has 0 fully saturated rings. The lowest BCUT2D eigenvalue weighted by Gasteiger charge is -2.06. The Morgan fingerprint density at radius 3 is 2.79 bits per heavy atom. The Hall–Kier alpha value is -1.22. The molecule has 1 rings (SSSR count). The summed E-state index contributed by atoms with van der Waals surface area (Å²) < 4.78 is 31.1. The molecule has 1 heterocycles. The number of sulfonamides is 1. The molecule has 1 aromatic heterocycles. The molecular weight excluding hydrogens is 290 g/mol. The predicted octanol–water partition coefficient (Wildman–Crippen LogP) is 1.32. The van der Waals surface area contributed by atoms with Gasteiger partial charge in [-0.15, -0.1) is 11.3 Å². The van der Waals surface area contributed by atoms with Gasteiger partial charge in [-0.2, -0.15) is 0 Å². The maximum atomic E-state index is 11.8. The van der Waals surface area contributed by atoms with Gasteiger partial charge in [0, 0.05) is 11.9 Å². The van der Waals surface area contributed by atoms with E-state index in [0.717, 1.165) is 23.0 Å².